The fourth-order valence-electron chi connectivity index (χ4n) is 4.38. The molecule has 1 aliphatic rings. The highest BCUT2D eigenvalue weighted by Gasteiger charge is 2.47. The molecule has 0 unspecified atom stereocenters. The number of para-hydroxylation sites is 1. The van der Waals surface area contributed by atoms with E-state index in [1.807, 2.05) is 6.92 Å². The number of unbranched alkanes of at least 4 members (excludes halogenated alkanes) is 1. The SMILES string of the molecule is CCCCOc1ccc(C(O)=C2C(=O)C(=O)N(CCCOC)[C@H]2c2cccc(OC)c2OC)cc1C. The Kier molecular flexibility index (Phi) is 9.36. The molecule has 2 aromatic carbocycles. The molecule has 1 fully saturated rings. The van der Waals surface area contributed by atoms with Crippen molar-refractivity contribution in [1.82, 2.24) is 4.90 Å². The molecule has 1 heterocycles. The molecule has 3 rings (SSSR count). The molecule has 0 radical (unpaired) electrons. The van der Waals surface area contributed by atoms with Crippen molar-refractivity contribution >= 4 is 17.4 Å². The average Bonchev–Trinajstić information content (AvgIpc) is 3.13. The fourth-order valence-corrected chi connectivity index (χ4v) is 4.38. The van der Waals surface area contributed by atoms with Crippen molar-refractivity contribution in [2.24, 2.45) is 0 Å². The second kappa shape index (κ2) is 12.4. The van der Waals surface area contributed by atoms with Crippen LogP contribution in [0.2, 0.25) is 0 Å². The van der Waals surface area contributed by atoms with Gasteiger partial charge in [0.15, 0.2) is 11.5 Å². The summed E-state index contributed by atoms with van der Waals surface area (Å²) in [5, 5.41) is 11.4. The number of aliphatic hydroxyl groups is 1. The third kappa shape index (κ3) is 5.49. The van der Waals surface area contributed by atoms with Crippen molar-refractivity contribution in [2.45, 2.75) is 39.2 Å². The van der Waals surface area contributed by atoms with Gasteiger partial charge >= 0.3 is 0 Å². The lowest BCUT2D eigenvalue weighted by Crippen LogP contribution is -2.31. The molecule has 0 bridgehead atoms. The van der Waals surface area contributed by atoms with Crippen molar-refractivity contribution in [3.8, 4) is 17.2 Å². The molecule has 0 aliphatic carbocycles. The molecule has 0 aromatic heterocycles. The van der Waals surface area contributed by atoms with Crippen LogP contribution in [-0.2, 0) is 14.3 Å². The summed E-state index contributed by atoms with van der Waals surface area (Å²) >= 11 is 0. The molecular weight excluding hydrogens is 462 g/mol. The van der Waals surface area contributed by atoms with E-state index in [2.05, 4.69) is 6.92 Å². The predicted molar refractivity (Wildman–Crippen MR) is 137 cm³/mol. The van der Waals surface area contributed by atoms with Crippen LogP contribution in [0, 0.1) is 6.92 Å². The molecule has 1 amide bonds. The zero-order valence-electron chi connectivity index (χ0n) is 21.6. The van der Waals surface area contributed by atoms with Crippen LogP contribution in [0.3, 0.4) is 0 Å². The highest BCUT2D eigenvalue weighted by molar-refractivity contribution is 6.46. The van der Waals surface area contributed by atoms with Crippen molar-refractivity contribution in [3.05, 3.63) is 58.7 Å². The molecule has 1 aliphatic heterocycles. The van der Waals surface area contributed by atoms with E-state index >= 15 is 0 Å². The number of methoxy groups -OCH3 is 3. The normalized spacial score (nSPS) is 16.9. The summed E-state index contributed by atoms with van der Waals surface area (Å²) in [7, 11) is 4.60. The van der Waals surface area contributed by atoms with Crippen molar-refractivity contribution in [1.29, 1.82) is 0 Å². The Morgan fingerprint density at radius 2 is 1.78 bits per heavy atom. The summed E-state index contributed by atoms with van der Waals surface area (Å²) in [5.74, 6) is -0.113. The quantitative estimate of drug-likeness (QED) is 0.197. The molecule has 194 valence electrons. The van der Waals surface area contributed by atoms with Crippen LogP contribution in [0.5, 0.6) is 17.2 Å². The Bertz CT molecular complexity index is 1120. The van der Waals surface area contributed by atoms with Crippen LogP contribution in [0.15, 0.2) is 42.0 Å². The van der Waals surface area contributed by atoms with E-state index in [4.69, 9.17) is 18.9 Å². The van der Waals surface area contributed by atoms with Crippen LogP contribution in [-0.4, -0.2) is 62.8 Å². The lowest BCUT2D eigenvalue weighted by atomic mass is 9.94. The van der Waals surface area contributed by atoms with Gasteiger partial charge in [-0.2, -0.15) is 0 Å². The summed E-state index contributed by atoms with van der Waals surface area (Å²) in [6.45, 7) is 5.26. The third-order valence-electron chi connectivity index (χ3n) is 6.22. The van der Waals surface area contributed by atoms with Crippen molar-refractivity contribution < 1.29 is 33.6 Å². The molecule has 1 atom stereocenters. The molecule has 8 nitrogen and oxygen atoms in total. The van der Waals surface area contributed by atoms with Crippen molar-refractivity contribution in [3.63, 3.8) is 0 Å². The van der Waals surface area contributed by atoms with Gasteiger partial charge in [-0.25, -0.2) is 0 Å². The monoisotopic (exact) mass is 497 g/mol. The highest BCUT2D eigenvalue weighted by Crippen LogP contribution is 2.45. The van der Waals surface area contributed by atoms with Gasteiger partial charge in [-0.3, -0.25) is 9.59 Å². The predicted octanol–water partition coefficient (Wildman–Crippen LogP) is 4.65. The molecule has 0 saturated carbocycles. The van der Waals surface area contributed by atoms with E-state index in [-0.39, 0.29) is 17.9 Å². The first-order chi connectivity index (χ1) is 17.4. The van der Waals surface area contributed by atoms with Crippen LogP contribution in [0.25, 0.3) is 5.76 Å². The maximum absolute atomic E-state index is 13.3. The topological polar surface area (TPSA) is 94.5 Å². The van der Waals surface area contributed by atoms with E-state index in [9.17, 15) is 14.7 Å². The minimum Gasteiger partial charge on any atom is -0.507 e. The lowest BCUT2D eigenvalue weighted by molar-refractivity contribution is -0.140. The first kappa shape index (κ1) is 27.1. The smallest absolute Gasteiger partial charge is 0.295 e. The number of nitrogens with zero attached hydrogens (tertiary/aromatic N) is 1. The van der Waals surface area contributed by atoms with E-state index in [1.165, 1.54) is 19.1 Å². The number of aliphatic hydroxyl groups excluding tert-OH is 1. The molecule has 36 heavy (non-hydrogen) atoms. The van der Waals surface area contributed by atoms with Crippen LogP contribution >= 0.6 is 0 Å². The molecule has 8 heteroatoms. The van der Waals surface area contributed by atoms with Gasteiger partial charge in [-0.1, -0.05) is 25.5 Å². The average molecular weight is 498 g/mol. The van der Waals surface area contributed by atoms with Gasteiger partial charge < -0.3 is 29.0 Å². The van der Waals surface area contributed by atoms with Crippen LogP contribution in [0.4, 0.5) is 0 Å². The number of likely N-dealkylation sites (tertiary alicyclic amines) is 1. The first-order valence-electron chi connectivity index (χ1n) is 12.1. The molecule has 1 saturated heterocycles. The maximum Gasteiger partial charge on any atom is 0.295 e. The standard InChI is InChI=1S/C28H35NO7/c1-6-7-16-36-21-13-12-19(17-18(21)2)25(30)23-24(20-10-8-11-22(34-4)27(20)35-5)29(14-9-15-33-3)28(32)26(23)31/h8,10-13,17,24,30H,6-7,9,14-16H2,1-5H3/t24-/m0/s1. The Hall–Kier alpha value is -3.52. The Morgan fingerprint density at radius 1 is 1.00 bits per heavy atom. The van der Waals surface area contributed by atoms with Crippen LogP contribution < -0.4 is 14.2 Å². The number of amides is 1. The summed E-state index contributed by atoms with van der Waals surface area (Å²) < 4.78 is 22.0. The van der Waals surface area contributed by atoms with E-state index < -0.39 is 17.7 Å². The molecular formula is C28H35NO7. The number of Topliss-reactive ketones (excluding diaryl/α,β-unsaturated/α-hetero) is 1. The van der Waals surface area contributed by atoms with Crippen LogP contribution in [0.1, 0.15) is 48.9 Å². The first-order valence-corrected chi connectivity index (χ1v) is 12.1. The largest absolute Gasteiger partial charge is 0.507 e. The highest BCUT2D eigenvalue weighted by atomic mass is 16.5. The second-order valence-corrected chi connectivity index (χ2v) is 8.60. The summed E-state index contributed by atoms with van der Waals surface area (Å²) in [5.41, 5.74) is 1.80. The molecule has 1 N–H and O–H groups in total. The van der Waals surface area contributed by atoms with Gasteiger partial charge in [0.25, 0.3) is 11.7 Å². The van der Waals surface area contributed by atoms with E-state index in [0.29, 0.717) is 48.0 Å². The van der Waals surface area contributed by atoms with Gasteiger partial charge in [-0.05, 0) is 49.6 Å². The number of hydrogen-bond acceptors (Lipinski definition) is 7. The summed E-state index contributed by atoms with van der Waals surface area (Å²) in [6, 6.07) is 9.64. The lowest BCUT2D eigenvalue weighted by Gasteiger charge is -2.27. The number of hydrogen-bond donors (Lipinski definition) is 1. The van der Waals surface area contributed by atoms with Gasteiger partial charge in [-0.15, -0.1) is 0 Å². The van der Waals surface area contributed by atoms with Gasteiger partial charge in [0.1, 0.15) is 11.5 Å². The third-order valence-corrected chi connectivity index (χ3v) is 6.22. The number of rotatable bonds is 12. The molecule has 0 spiro atoms. The minimum absolute atomic E-state index is 0.00280. The Morgan fingerprint density at radius 3 is 2.42 bits per heavy atom. The fraction of sp³-hybridized carbons (Fsp3) is 0.429. The Labute approximate surface area is 212 Å². The van der Waals surface area contributed by atoms with Gasteiger partial charge in [0, 0.05) is 31.4 Å². The van der Waals surface area contributed by atoms with Gasteiger partial charge in [0.05, 0.1) is 32.4 Å². The second-order valence-electron chi connectivity index (χ2n) is 8.60. The van der Waals surface area contributed by atoms with E-state index in [0.717, 1.165) is 18.4 Å². The van der Waals surface area contributed by atoms with Gasteiger partial charge in [0.2, 0.25) is 0 Å². The number of ketones is 1. The maximum atomic E-state index is 13.3. The Balaban J connectivity index is 2.13. The van der Waals surface area contributed by atoms with Crippen molar-refractivity contribution in [2.75, 3.05) is 41.1 Å². The van der Waals surface area contributed by atoms with E-state index in [1.54, 1.807) is 43.5 Å². The minimum atomic E-state index is -0.854. The molecule has 2 aromatic rings. The zero-order valence-corrected chi connectivity index (χ0v) is 21.6. The summed E-state index contributed by atoms with van der Waals surface area (Å²) in [6.07, 6.45) is 2.49. The number of carbonyl (C=O) groups is 2. The number of benzene rings is 2. The number of carbonyl (C=O) groups excluding carboxylic acids is 2. The summed E-state index contributed by atoms with van der Waals surface area (Å²) in [4.78, 5) is 27.9. The zero-order chi connectivity index (χ0) is 26.2. The number of ether oxygens (including phenoxy) is 4. The number of aryl methyl sites for hydroxylation is 1.